The first-order chi connectivity index (χ1) is 16.5. The summed E-state index contributed by atoms with van der Waals surface area (Å²) in [5, 5.41) is 3.08. The van der Waals surface area contributed by atoms with Crippen LogP contribution in [0.15, 0.2) is 78.5 Å². The molecule has 0 atom stereocenters. The van der Waals surface area contributed by atoms with Crippen molar-refractivity contribution in [2.24, 2.45) is 0 Å². The Morgan fingerprint density at radius 2 is 1.56 bits per heavy atom. The van der Waals surface area contributed by atoms with Crippen LogP contribution in [0.2, 0.25) is 0 Å². The average molecular weight is 462 g/mol. The van der Waals surface area contributed by atoms with E-state index >= 15 is 0 Å². The van der Waals surface area contributed by atoms with Gasteiger partial charge in [0, 0.05) is 18.3 Å². The van der Waals surface area contributed by atoms with Crippen molar-refractivity contribution >= 4 is 23.1 Å². The van der Waals surface area contributed by atoms with E-state index in [1.54, 1.807) is 30.3 Å². The maximum Gasteiger partial charge on any atom is 0.278 e. The molecular weight excluding hydrogens is 438 g/mol. The number of imide groups is 1. The normalized spacial score (nSPS) is 13.6. The number of ether oxygens (including phenoxy) is 1. The number of anilines is 1. The molecule has 3 aromatic carbocycles. The molecule has 1 heterocycles. The van der Waals surface area contributed by atoms with E-state index in [1.165, 1.54) is 36.4 Å². The molecule has 1 aliphatic heterocycles. The van der Waals surface area contributed by atoms with Gasteiger partial charge >= 0.3 is 0 Å². The maximum absolute atomic E-state index is 13.5. The summed E-state index contributed by atoms with van der Waals surface area (Å²) in [5.41, 5.74) is 2.11. The van der Waals surface area contributed by atoms with Crippen molar-refractivity contribution in [1.29, 1.82) is 0 Å². The van der Waals surface area contributed by atoms with E-state index in [0.29, 0.717) is 30.0 Å². The fourth-order valence-corrected chi connectivity index (χ4v) is 3.70. The van der Waals surface area contributed by atoms with E-state index in [-0.39, 0.29) is 23.6 Å². The molecule has 2 amide bonds. The molecule has 0 unspecified atom stereocenters. The quantitative estimate of drug-likeness (QED) is 0.445. The lowest BCUT2D eigenvalue weighted by atomic mass is 10.0. The van der Waals surface area contributed by atoms with E-state index < -0.39 is 17.6 Å². The number of halogens is 2. The molecule has 3 aromatic rings. The van der Waals surface area contributed by atoms with Crippen LogP contribution >= 0.6 is 0 Å². The zero-order valence-corrected chi connectivity index (χ0v) is 18.7. The van der Waals surface area contributed by atoms with Gasteiger partial charge in [0.1, 0.15) is 23.1 Å². The Labute approximate surface area is 196 Å². The Morgan fingerprint density at radius 1 is 0.882 bits per heavy atom. The number of benzene rings is 3. The first-order valence-electron chi connectivity index (χ1n) is 11.1. The lowest BCUT2D eigenvalue weighted by Crippen LogP contribution is -2.34. The van der Waals surface area contributed by atoms with E-state index in [0.717, 1.165) is 16.9 Å². The largest absolute Gasteiger partial charge is 0.494 e. The minimum absolute atomic E-state index is 0.114. The lowest BCUT2D eigenvalue weighted by Gasteiger charge is -2.15. The second kappa shape index (κ2) is 10.3. The third kappa shape index (κ3) is 5.14. The summed E-state index contributed by atoms with van der Waals surface area (Å²) in [6.45, 7) is 2.69. The molecule has 0 saturated carbocycles. The number of nitrogens with zero attached hydrogens (tertiary/aromatic N) is 1. The monoisotopic (exact) mass is 462 g/mol. The van der Waals surface area contributed by atoms with Crippen LogP contribution in [-0.2, 0) is 16.0 Å². The molecule has 1 aliphatic rings. The maximum atomic E-state index is 13.5. The number of carbonyl (C=O) groups is 2. The van der Waals surface area contributed by atoms with Crippen LogP contribution in [0.1, 0.15) is 24.5 Å². The number of nitrogens with one attached hydrogen (secondary N) is 1. The topological polar surface area (TPSA) is 58.6 Å². The molecule has 0 aromatic heterocycles. The van der Waals surface area contributed by atoms with Gasteiger partial charge < -0.3 is 10.1 Å². The summed E-state index contributed by atoms with van der Waals surface area (Å²) in [7, 11) is 0. The summed E-state index contributed by atoms with van der Waals surface area (Å²) >= 11 is 0. The molecular formula is C27H24F2N2O3. The van der Waals surface area contributed by atoms with Crippen LogP contribution in [0.25, 0.3) is 5.57 Å². The molecule has 0 spiro atoms. The van der Waals surface area contributed by atoms with Crippen molar-refractivity contribution in [3.05, 3.63) is 101 Å². The Morgan fingerprint density at radius 3 is 2.24 bits per heavy atom. The second-order valence-corrected chi connectivity index (χ2v) is 7.90. The minimum atomic E-state index is -0.480. The summed E-state index contributed by atoms with van der Waals surface area (Å²) in [5.74, 6) is -1.11. The first kappa shape index (κ1) is 23.2. The third-order valence-corrected chi connectivity index (χ3v) is 5.41. The van der Waals surface area contributed by atoms with Gasteiger partial charge in [-0.2, -0.15) is 0 Å². The summed E-state index contributed by atoms with van der Waals surface area (Å²) < 4.78 is 32.4. The Kier molecular flexibility index (Phi) is 7.01. The molecule has 34 heavy (non-hydrogen) atoms. The molecule has 0 aliphatic carbocycles. The fraction of sp³-hybridized carbons (Fsp3) is 0.185. The Hall–Kier alpha value is -4.00. The van der Waals surface area contributed by atoms with Gasteiger partial charge in [-0.15, -0.1) is 0 Å². The van der Waals surface area contributed by atoms with Crippen LogP contribution in [0.3, 0.4) is 0 Å². The minimum Gasteiger partial charge on any atom is -0.494 e. The van der Waals surface area contributed by atoms with Crippen molar-refractivity contribution in [2.45, 2.75) is 19.8 Å². The van der Waals surface area contributed by atoms with Gasteiger partial charge in [0.25, 0.3) is 11.8 Å². The Balaban J connectivity index is 1.63. The summed E-state index contributed by atoms with van der Waals surface area (Å²) in [4.78, 5) is 27.8. The Bertz CT molecular complexity index is 1220. The van der Waals surface area contributed by atoms with E-state index in [1.807, 2.05) is 13.0 Å². The number of carbonyl (C=O) groups excluding carboxylic acids is 2. The molecule has 0 fully saturated rings. The zero-order valence-electron chi connectivity index (χ0n) is 18.7. The average Bonchev–Trinajstić information content (AvgIpc) is 3.07. The number of hydrogen-bond acceptors (Lipinski definition) is 4. The molecule has 5 nitrogen and oxygen atoms in total. The van der Waals surface area contributed by atoms with Gasteiger partial charge in [-0.1, -0.05) is 37.3 Å². The van der Waals surface area contributed by atoms with Crippen LogP contribution in [0.4, 0.5) is 14.5 Å². The van der Waals surface area contributed by atoms with Crippen LogP contribution in [-0.4, -0.2) is 29.9 Å². The lowest BCUT2D eigenvalue weighted by molar-refractivity contribution is -0.136. The molecule has 0 radical (unpaired) electrons. The highest BCUT2D eigenvalue weighted by Gasteiger charge is 2.39. The van der Waals surface area contributed by atoms with Gasteiger partial charge in [-0.3, -0.25) is 14.5 Å². The first-order valence-corrected chi connectivity index (χ1v) is 11.1. The van der Waals surface area contributed by atoms with Gasteiger partial charge in [0.05, 0.1) is 12.2 Å². The van der Waals surface area contributed by atoms with Crippen molar-refractivity contribution < 1.29 is 23.1 Å². The highest BCUT2D eigenvalue weighted by Crippen LogP contribution is 2.31. The highest BCUT2D eigenvalue weighted by atomic mass is 19.1. The molecule has 174 valence electrons. The molecule has 4 rings (SSSR count). The van der Waals surface area contributed by atoms with Gasteiger partial charge in [-0.25, -0.2) is 8.78 Å². The molecule has 0 bridgehead atoms. The van der Waals surface area contributed by atoms with E-state index in [9.17, 15) is 18.4 Å². The third-order valence-electron chi connectivity index (χ3n) is 5.41. The van der Waals surface area contributed by atoms with Crippen molar-refractivity contribution in [3.8, 4) is 5.75 Å². The highest BCUT2D eigenvalue weighted by molar-refractivity contribution is 6.36. The molecule has 7 heteroatoms. The van der Waals surface area contributed by atoms with Crippen molar-refractivity contribution in [3.63, 3.8) is 0 Å². The van der Waals surface area contributed by atoms with Crippen LogP contribution in [0, 0.1) is 11.6 Å². The van der Waals surface area contributed by atoms with E-state index in [2.05, 4.69) is 5.32 Å². The second-order valence-electron chi connectivity index (χ2n) is 7.90. The predicted octanol–water partition coefficient (Wildman–Crippen LogP) is 5.19. The standard InChI is InChI=1S/C27H24F2N2O3/c1-2-16-34-23-5-3-4-22(17-23)30-25-24(19-8-12-21(29)13-9-19)26(32)31(27(25)33)15-14-18-6-10-20(28)11-7-18/h3-13,17,30H,2,14-16H2,1H3. The SMILES string of the molecule is CCCOc1cccc(NC2=C(c3ccc(F)cc3)C(=O)N(CCc3ccc(F)cc3)C2=O)c1. The van der Waals surface area contributed by atoms with Crippen molar-refractivity contribution in [1.82, 2.24) is 4.90 Å². The smallest absolute Gasteiger partial charge is 0.278 e. The van der Waals surface area contributed by atoms with E-state index in [4.69, 9.17) is 4.74 Å². The van der Waals surface area contributed by atoms with Crippen LogP contribution < -0.4 is 10.1 Å². The van der Waals surface area contributed by atoms with Gasteiger partial charge in [0.15, 0.2) is 0 Å². The van der Waals surface area contributed by atoms with Gasteiger partial charge in [-0.05, 0) is 60.4 Å². The fourth-order valence-electron chi connectivity index (χ4n) is 3.70. The zero-order chi connectivity index (χ0) is 24.1. The van der Waals surface area contributed by atoms with Crippen LogP contribution in [0.5, 0.6) is 5.75 Å². The molecule has 1 N–H and O–H groups in total. The number of amides is 2. The predicted molar refractivity (Wildman–Crippen MR) is 126 cm³/mol. The van der Waals surface area contributed by atoms with Gasteiger partial charge in [0.2, 0.25) is 0 Å². The summed E-state index contributed by atoms with van der Waals surface area (Å²) in [6, 6.07) is 18.5. The number of rotatable bonds is 9. The number of hydrogen-bond donors (Lipinski definition) is 1. The molecule has 0 saturated heterocycles. The van der Waals surface area contributed by atoms with Crippen molar-refractivity contribution in [2.75, 3.05) is 18.5 Å². The summed E-state index contributed by atoms with van der Waals surface area (Å²) in [6.07, 6.45) is 1.23.